The van der Waals surface area contributed by atoms with Crippen LogP contribution in [0.3, 0.4) is 0 Å². The number of ether oxygens (including phenoxy) is 3. The van der Waals surface area contributed by atoms with E-state index in [0.717, 1.165) is 14.5 Å². The van der Waals surface area contributed by atoms with Crippen LogP contribution in [0.1, 0.15) is 16.7 Å². The second-order valence-corrected chi connectivity index (χ2v) is 8.93. The number of benzene rings is 3. The van der Waals surface area contributed by atoms with E-state index in [9.17, 15) is 4.79 Å². The molecule has 32 heavy (non-hydrogen) atoms. The lowest BCUT2D eigenvalue weighted by molar-refractivity contribution is -0.129. The first-order chi connectivity index (χ1) is 15.4. The molecule has 5 nitrogen and oxygen atoms in total. The van der Waals surface area contributed by atoms with Crippen molar-refractivity contribution in [3.05, 3.63) is 97.0 Å². The summed E-state index contributed by atoms with van der Waals surface area (Å²) in [6.07, 6.45) is 1.60. The second-order valence-electron chi connectivity index (χ2n) is 6.76. The Morgan fingerprint density at radius 3 is 2.56 bits per heavy atom. The molecule has 0 bridgehead atoms. The number of halogens is 3. The first-order valence-corrected chi connectivity index (χ1v) is 11.4. The van der Waals surface area contributed by atoms with Crippen LogP contribution in [0.5, 0.6) is 11.5 Å². The van der Waals surface area contributed by atoms with Crippen LogP contribution >= 0.6 is 43.5 Å². The fourth-order valence-electron chi connectivity index (χ4n) is 3.01. The van der Waals surface area contributed by atoms with E-state index in [0.29, 0.717) is 34.3 Å². The molecule has 0 unspecified atom stereocenters. The average molecular weight is 578 g/mol. The van der Waals surface area contributed by atoms with Crippen molar-refractivity contribution >= 4 is 61.4 Å². The molecule has 0 atom stereocenters. The van der Waals surface area contributed by atoms with Gasteiger partial charge in [-0.1, -0.05) is 61.7 Å². The van der Waals surface area contributed by atoms with Crippen molar-refractivity contribution in [2.24, 2.45) is 4.99 Å². The van der Waals surface area contributed by atoms with Crippen LogP contribution in [0.4, 0.5) is 0 Å². The monoisotopic (exact) mass is 575 g/mol. The average Bonchev–Trinajstić information content (AvgIpc) is 3.14. The van der Waals surface area contributed by atoms with Gasteiger partial charge in [0, 0.05) is 20.1 Å². The highest BCUT2D eigenvalue weighted by molar-refractivity contribution is 9.10. The SMILES string of the molecule is COc1cc(/C=C2\N=C(c3ccc(Br)cc3)OC2=O)cc(Cl)c1OCc1ccccc1Br. The summed E-state index contributed by atoms with van der Waals surface area (Å²) in [7, 11) is 1.53. The number of aliphatic imine (C=N–C) groups is 1. The quantitative estimate of drug-likeness (QED) is 0.239. The maximum atomic E-state index is 12.3. The number of cyclic esters (lactones) is 1. The van der Waals surface area contributed by atoms with Gasteiger partial charge in [0.25, 0.3) is 0 Å². The maximum absolute atomic E-state index is 12.3. The zero-order chi connectivity index (χ0) is 22.7. The van der Waals surface area contributed by atoms with Crippen molar-refractivity contribution in [2.45, 2.75) is 6.61 Å². The summed E-state index contributed by atoms with van der Waals surface area (Å²) in [5.74, 6) is 0.576. The van der Waals surface area contributed by atoms with Crippen LogP contribution in [0.25, 0.3) is 6.08 Å². The lowest BCUT2D eigenvalue weighted by Gasteiger charge is -2.14. The van der Waals surface area contributed by atoms with Crippen molar-refractivity contribution in [3.8, 4) is 11.5 Å². The number of nitrogens with zero attached hydrogens (tertiary/aromatic N) is 1. The smallest absolute Gasteiger partial charge is 0.363 e. The molecule has 0 N–H and O–H groups in total. The summed E-state index contributed by atoms with van der Waals surface area (Å²) in [5.41, 5.74) is 2.48. The van der Waals surface area contributed by atoms with Crippen molar-refractivity contribution in [1.29, 1.82) is 0 Å². The zero-order valence-corrected chi connectivity index (χ0v) is 20.7. The molecule has 0 saturated heterocycles. The number of carbonyl (C=O) groups is 1. The van der Waals surface area contributed by atoms with E-state index in [4.69, 9.17) is 25.8 Å². The van der Waals surface area contributed by atoms with Crippen LogP contribution in [0, 0.1) is 0 Å². The molecule has 0 amide bonds. The topological polar surface area (TPSA) is 57.1 Å². The Morgan fingerprint density at radius 2 is 1.84 bits per heavy atom. The molecule has 0 fully saturated rings. The first-order valence-electron chi connectivity index (χ1n) is 9.47. The van der Waals surface area contributed by atoms with Crippen molar-refractivity contribution in [2.75, 3.05) is 7.11 Å². The van der Waals surface area contributed by atoms with Crippen molar-refractivity contribution in [3.63, 3.8) is 0 Å². The van der Waals surface area contributed by atoms with Gasteiger partial charge in [-0.15, -0.1) is 0 Å². The largest absolute Gasteiger partial charge is 0.493 e. The summed E-state index contributed by atoms with van der Waals surface area (Å²) in [6, 6.07) is 18.5. The number of carbonyl (C=O) groups excluding carboxylic acids is 1. The number of hydrogen-bond donors (Lipinski definition) is 0. The van der Waals surface area contributed by atoms with Crippen molar-refractivity contribution in [1.82, 2.24) is 0 Å². The minimum atomic E-state index is -0.535. The lowest BCUT2D eigenvalue weighted by Crippen LogP contribution is -2.05. The Hall–Kier alpha value is -2.61. The normalized spacial score (nSPS) is 14.3. The number of methoxy groups -OCH3 is 1. The zero-order valence-electron chi connectivity index (χ0n) is 16.8. The van der Waals surface area contributed by atoms with Crippen LogP contribution in [-0.2, 0) is 16.1 Å². The summed E-state index contributed by atoms with van der Waals surface area (Å²) >= 11 is 13.4. The third kappa shape index (κ3) is 5.06. The Labute approximate surface area is 206 Å². The van der Waals surface area contributed by atoms with Gasteiger partial charge in [0.15, 0.2) is 17.2 Å². The van der Waals surface area contributed by atoms with E-state index in [2.05, 4.69) is 36.9 Å². The molecular weight excluding hydrogens is 562 g/mol. The van der Waals surface area contributed by atoms with Gasteiger partial charge in [0.2, 0.25) is 5.90 Å². The highest BCUT2D eigenvalue weighted by Gasteiger charge is 2.24. The Morgan fingerprint density at radius 1 is 1.09 bits per heavy atom. The first kappa shape index (κ1) is 22.6. The number of rotatable bonds is 6. The van der Waals surface area contributed by atoms with Gasteiger partial charge in [-0.2, -0.15) is 0 Å². The lowest BCUT2D eigenvalue weighted by atomic mass is 10.1. The predicted octanol–water partition coefficient (Wildman–Crippen LogP) is 6.80. The molecular formula is C24H16Br2ClNO4. The molecule has 8 heteroatoms. The molecule has 0 aliphatic carbocycles. The summed E-state index contributed by atoms with van der Waals surface area (Å²) < 4.78 is 18.6. The van der Waals surface area contributed by atoms with Gasteiger partial charge in [-0.3, -0.25) is 0 Å². The molecule has 0 radical (unpaired) electrons. The molecule has 0 saturated carbocycles. The molecule has 162 valence electrons. The van der Waals surface area contributed by atoms with E-state index in [1.165, 1.54) is 7.11 Å². The highest BCUT2D eigenvalue weighted by atomic mass is 79.9. The van der Waals surface area contributed by atoms with Crippen LogP contribution < -0.4 is 9.47 Å². The molecule has 4 rings (SSSR count). The summed E-state index contributed by atoms with van der Waals surface area (Å²) in [6.45, 7) is 0.311. The third-order valence-corrected chi connectivity index (χ3v) is 6.18. The standard InChI is InChI=1S/C24H16Br2ClNO4/c1-30-21-12-14(10-19(27)22(21)31-13-16-4-2-3-5-18(16)26)11-20-24(29)32-23(28-20)15-6-8-17(25)9-7-15/h2-12H,13H2,1H3/b20-11-. The number of hydrogen-bond acceptors (Lipinski definition) is 5. The Balaban J connectivity index is 1.59. The summed E-state index contributed by atoms with van der Waals surface area (Å²) in [4.78, 5) is 16.6. The van der Waals surface area contributed by atoms with E-state index < -0.39 is 5.97 Å². The van der Waals surface area contributed by atoms with Crippen LogP contribution in [0.15, 0.2) is 80.3 Å². The molecule has 1 aliphatic rings. The van der Waals surface area contributed by atoms with Crippen LogP contribution in [0.2, 0.25) is 5.02 Å². The molecule has 0 aromatic heterocycles. The number of esters is 1. The van der Waals surface area contributed by atoms with Gasteiger partial charge < -0.3 is 14.2 Å². The molecule has 3 aromatic rings. The second kappa shape index (κ2) is 9.90. The van der Waals surface area contributed by atoms with Gasteiger partial charge in [-0.25, -0.2) is 9.79 Å². The summed E-state index contributed by atoms with van der Waals surface area (Å²) in [5, 5.41) is 0.353. The van der Waals surface area contributed by atoms with Gasteiger partial charge >= 0.3 is 5.97 Å². The molecule has 3 aromatic carbocycles. The van der Waals surface area contributed by atoms with E-state index in [1.54, 1.807) is 18.2 Å². The van der Waals surface area contributed by atoms with Gasteiger partial charge in [0.05, 0.1) is 12.1 Å². The van der Waals surface area contributed by atoms with Crippen LogP contribution in [-0.4, -0.2) is 19.0 Å². The van der Waals surface area contributed by atoms with E-state index >= 15 is 0 Å². The minimum absolute atomic E-state index is 0.169. The van der Waals surface area contributed by atoms with Gasteiger partial charge in [0.1, 0.15) is 6.61 Å². The minimum Gasteiger partial charge on any atom is -0.493 e. The van der Waals surface area contributed by atoms with Gasteiger partial charge in [-0.05, 0) is 54.1 Å². The van der Waals surface area contributed by atoms with E-state index in [-0.39, 0.29) is 11.6 Å². The highest BCUT2D eigenvalue weighted by Crippen LogP contribution is 2.38. The maximum Gasteiger partial charge on any atom is 0.363 e. The molecule has 1 aliphatic heterocycles. The van der Waals surface area contributed by atoms with E-state index in [1.807, 2.05) is 48.5 Å². The fraction of sp³-hybridized carbons (Fsp3) is 0.0833. The Bertz CT molecular complexity index is 1240. The molecule has 0 spiro atoms. The van der Waals surface area contributed by atoms with Crippen molar-refractivity contribution < 1.29 is 19.0 Å². The predicted molar refractivity (Wildman–Crippen MR) is 131 cm³/mol. The third-order valence-electron chi connectivity index (χ3n) is 4.60. The Kier molecular flexibility index (Phi) is 6.98. The fourth-order valence-corrected chi connectivity index (χ4v) is 3.95. The molecule has 1 heterocycles.